The van der Waals surface area contributed by atoms with Crippen LogP contribution in [-0.2, 0) is 16.6 Å². The monoisotopic (exact) mass is 280 g/mol. The summed E-state index contributed by atoms with van der Waals surface area (Å²) < 4.78 is 32.4. The van der Waals surface area contributed by atoms with E-state index >= 15 is 0 Å². The zero-order valence-electron chi connectivity index (χ0n) is 10.8. The minimum atomic E-state index is -3.61. The molecule has 0 aliphatic heterocycles. The molecule has 0 fully saturated rings. The first-order valence-corrected chi connectivity index (χ1v) is 7.33. The number of benzene rings is 1. The van der Waals surface area contributed by atoms with Crippen LogP contribution in [0.2, 0.25) is 0 Å². The average Bonchev–Trinajstić information content (AvgIpc) is 2.72. The maximum Gasteiger partial charge on any atom is 0.265 e. The van der Waals surface area contributed by atoms with E-state index in [9.17, 15) is 8.42 Å². The summed E-state index contributed by atoms with van der Waals surface area (Å²) in [4.78, 5) is 0.168. The summed E-state index contributed by atoms with van der Waals surface area (Å²) in [6, 6.07) is 10.3. The molecule has 1 heterocycles. The highest BCUT2D eigenvalue weighted by atomic mass is 32.2. The minimum Gasteiger partial charge on any atom is -0.464 e. The number of rotatable bonds is 5. The van der Waals surface area contributed by atoms with Crippen LogP contribution < -0.4 is 10.0 Å². The Balaban J connectivity index is 2.29. The van der Waals surface area contributed by atoms with Crippen LogP contribution in [0, 0.1) is 6.92 Å². The minimum absolute atomic E-state index is 0.168. The van der Waals surface area contributed by atoms with Crippen molar-refractivity contribution in [3.63, 3.8) is 0 Å². The number of hydrogen-bond acceptors (Lipinski definition) is 4. The number of nitrogens with one attached hydrogen (secondary N) is 2. The standard InChI is InChI=1S/C13H16N2O3S/c1-10-13(8-12(18-10)9-14-2)19(16,17)15-11-6-4-3-5-7-11/h3-8,14-15H,9H2,1-2H3. The molecule has 0 saturated heterocycles. The second kappa shape index (κ2) is 5.46. The number of para-hydroxylation sites is 1. The summed E-state index contributed by atoms with van der Waals surface area (Å²) in [5.74, 6) is 0.974. The van der Waals surface area contributed by atoms with Crippen LogP contribution in [0.5, 0.6) is 0 Å². The summed E-state index contributed by atoms with van der Waals surface area (Å²) in [7, 11) is -1.84. The molecule has 2 aromatic rings. The lowest BCUT2D eigenvalue weighted by Crippen LogP contribution is -2.13. The van der Waals surface area contributed by atoms with Crippen molar-refractivity contribution in [3.8, 4) is 0 Å². The van der Waals surface area contributed by atoms with E-state index in [1.807, 2.05) is 6.07 Å². The molecule has 0 aliphatic carbocycles. The predicted octanol–water partition coefficient (Wildman–Crippen LogP) is 2.11. The van der Waals surface area contributed by atoms with Crippen molar-refractivity contribution < 1.29 is 12.8 Å². The summed E-state index contributed by atoms with van der Waals surface area (Å²) >= 11 is 0. The molecule has 0 spiro atoms. The van der Waals surface area contributed by atoms with Gasteiger partial charge in [-0.3, -0.25) is 4.72 Å². The maximum atomic E-state index is 12.2. The highest BCUT2D eigenvalue weighted by Gasteiger charge is 2.21. The number of aryl methyl sites for hydroxylation is 1. The molecule has 0 amide bonds. The Labute approximate surface area is 112 Å². The van der Waals surface area contributed by atoms with Crippen LogP contribution >= 0.6 is 0 Å². The van der Waals surface area contributed by atoms with Gasteiger partial charge in [0.2, 0.25) is 0 Å². The zero-order valence-corrected chi connectivity index (χ0v) is 11.6. The Kier molecular flexibility index (Phi) is 3.92. The lowest BCUT2D eigenvalue weighted by Gasteiger charge is -2.06. The summed E-state index contributed by atoms with van der Waals surface area (Å²) in [6.07, 6.45) is 0. The Morgan fingerprint density at radius 2 is 1.89 bits per heavy atom. The second-order valence-electron chi connectivity index (χ2n) is 4.14. The van der Waals surface area contributed by atoms with E-state index < -0.39 is 10.0 Å². The van der Waals surface area contributed by atoms with Gasteiger partial charge in [0.05, 0.1) is 6.54 Å². The van der Waals surface area contributed by atoms with Crippen molar-refractivity contribution in [1.82, 2.24) is 5.32 Å². The largest absolute Gasteiger partial charge is 0.464 e. The van der Waals surface area contributed by atoms with E-state index in [1.165, 1.54) is 6.07 Å². The molecule has 5 nitrogen and oxygen atoms in total. The van der Waals surface area contributed by atoms with Gasteiger partial charge < -0.3 is 9.73 Å². The average molecular weight is 280 g/mol. The third-order valence-electron chi connectivity index (χ3n) is 2.59. The van der Waals surface area contributed by atoms with Crippen LogP contribution in [0.3, 0.4) is 0 Å². The Morgan fingerprint density at radius 3 is 2.53 bits per heavy atom. The topological polar surface area (TPSA) is 71.3 Å². The number of hydrogen-bond donors (Lipinski definition) is 2. The van der Waals surface area contributed by atoms with Crippen molar-refractivity contribution in [2.24, 2.45) is 0 Å². The first-order chi connectivity index (χ1) is 9.03. The van der Waals surface area contributed by atoms with Crippen LogP contribution in [0.15, 0.2) is 45.7 Å². The lowest BCUT2D eigenvalue weighted by atomic mass is 10.3. The van der Waals surface area contributed by atoms with Gasteiger partial charge in [0.15, 0.2) is 0 Å². The third-order valence-corrected chi connectivity index (χ3v) is 4.08. The number of sulfonamides is 1. The fourth-order valence-corrected chi connectivity index (χ4v) is 3.03. The van der Waals surface area contributed by atoms with E-state index in [-0.39, 0.29) is 4.90 Å². The fraction of sp³-hybridized carbons (Fsp3) is 0.231. The molecule has 2 N–H and O–H groups in total. The van der Waals surface area contributed by atoms with Gasteiger partial charge >= 0.3 is 0 Å². The van der Waals surface area contributed by atoms with E-state index in [1.54, 1.807) is 38.2 Å². The maximum absolute atomic E-state index is 12.2. The first-order valence-electron chi connectivity index (χ1n) is 5.84. The molecule has 6 heteroatoms. The van der Waals surface area contributed by atoms with Crippen molar-refractivity contribution in [1.29, 1.82) is 0 Å². The highest BCUT2D eigenvalue weighted by molar-refractivity contribution is 7.92. The lowest BCUT2D eigenvalue weighted by molar-refractivity contribution is 0.466. The smallest absolute Gasteiger partial charge is 0.265 e. The zero-order chi connectivity index (χ0) is 13.9. The Bertz CT molecular complexity index is 648. The number of anilines is 1. The van der Waals surface area contributed by atoms with Crippen molar-refractivity contribution in [2.45, 2.75) is 18.4 Å². The van der Waals surface area contributed by atoms with Gasteiger partial charge in [0, 0.05) is 11.8 Å². The van der Waals surface area contributed by atoms with Gasteiger partial charge in [-0.25, -0.2) is 8.42 Å². The Hall–Kier alpha value is -1.79. The van der Waals surface area contributed by atoms with Gasteiger partial charge in [-0.2, -0.15) is 0 Å². The van der Waals surface area contributed by atoms with E-state index in [0.29, 0.717) is 23.8 Å². The quantitative estimate of drug-likeness (QED) is 0.880. The summed E-state index contributed by atoms with van der Waals surface area (Å²) in [5.41, 5.74) is 0.526. The molecule has 0 radical (unpaired) electrons. The molecular formula is C13H16N2O3S. The molecule has 0 atom stereocenters. The third kappa shape index (κ3) is 3.15. The SMILES string of the molecule is CNCc1cc(S(=O)(=O)Nc2ccccc2)c(C)o1. The summed E-state index contributed by atoms with van der Waals surface area (Å²) in [5, 5.41) is 2.92. The van der Waals surface area contributed by atoms with Gasteiger partial charge in [0.25, 0.3) is 10.0 Å². The summed E-state index contributed by atoms with van der Waals surface area (Å²) in [6.45, 7) is 2.13. The molecule has 0 unspecified atom stereocenters. The molecule has 1 aromatic heterocycles. The molecule has 0 bridgehead atoms. The molecule has 2 rings (SSSR count). The van der Waals surface area contributed by atoms with Crippen LogP contribution in [-0.4, -0.2) is 15.5 Å². The highest BCUT2D eigenvalue weighted by Crippen LogP contribution is 2.22. The molecule has 0 aliphatic rings. The van der Waals surface area contributed by atoms with Gasteiger partial charge in [-0.1, -0.05) is 18.2 Å². The van der Waals surface area contributed by atoms with Crippen molar-refractivity contribution in [3.05, 3.63) is 47.9 Å². The van der Waals surface area contributed by atoms with Gasteiger partial charge in [-0.05, 0) is 26.1 Å². The van der Waals surface area contributed by atoms with E-state index in [0.717, 1.165) is 0 Å². The first kappa shape index (κ1) is 13.6. The predicted molar refractivity (Wildman–Crippen MR) is 73.5 cm³/mol. The molecule has 0 saturated carbocycles. The second-order valence-corrected chi connectivity index (χ2v) is 5.79. The molecule has 1 aromatic carbocycles. The molecule has 19 heavy (non-hydrogen) atoms. The molecular weight excluding hydrogens is 264 g/mol. The van der Waals surface area contributed by atoms with Gasteiger partial charge in [0.1, 0.15) is 16.4 Å². The normalized spacial score (nSPS) is 11.5. The number of furan rings is 1. The van der Waals surface area contributed by atoms with E-state index in [4.69, 9.17) is 4.42 Å². The molecule has 102 valence electrons. The Morgan fingerprint density at radius 1 is 1.21 bits per heavy atom. The van der Waals surface area contributed by atoms with Crippen molar-refractivity contribution in [2.75, 3.05) is 11.8 Å². The van der Waals surface area contributed by atoms with Crippen LogP contribution in [0.1, 0.15) is 11.5 Å². The van der Waals surface area contributed by atoms with Gasteiger partial charge in [-0.15, -0.1) is 0 Å². The van der Waals surface area contributed by atoms with Crippen LogP contribution in [0.4, 0.5) is 5.69 Å². The van der Waals surface area contributed by atoms with E-state index in [2.05, 4.69) is 10.0 Å². The fourth-order valence-electron chi connectivity index (χ4n) is 1.77. The van der Waals surface area contributed by atoms with Crippen LogP contribution in [0.25, 0.3) is 0 Å². The van der Waals surface area contributed by atoms with Crippen molar-refractivity contribution >= 4 is 15.7 Å².